The topological polar surface area (TPSA) is 85.2 Å². The highest BCUT2D eigenvalue weighted by atomic mass is 16.5. The molecule has 164 valence electrons. The Labute approximate surface area is 182 Å². The number of phenolic OH excluding ortho intramolecular Hbond substituents is 1. The lowest BCUT2D eigenvalue weighted by Gasteiger charge is -2.15. The van der Waals surface area contributed by atoms with Crippen LogP contribution < -0.4 is 14.2 Å². The summed E-state index contributed by atoms with van der Waals surface area (Å²) in [6, 6.07) is 10.2. The third-order valence-electron chi connectivity index (χ3n) is 4.47. The zero-order valence-electron chi connectivity index (χ0n) is 18.2. The number of hydrogen-bond donors (Lipinski definition) is 2. The van der Waals surface area contributed by atoms with Crippen molar-refractivity contribution in [1.29, 1.82) is 0 Å². The van der Waals surface area contributed by atoms with Crippen molar-refractivity contribution in [3.8, 4) is 23.0 Å². The van der Waals surface area contributed by atoms with E-state index >= 15 is 0 Å². The molecule has 6 heteroatoms. The molecule has 0 aliphatic carbocycles. The van der Waals surface area contributed by atoms with E-state index < -0.39 is 0 Å². The van der Waals surface area contributed by atoms with E-state index in [1.165, 1.54) is 25.3 Å². The predicted octanol–water partition coefficient (Wildman–Crippen LogP) is 5.32. The Hall–Kier alpha value is -3.67. The van der Waals surface area contributed by atoms with Gasteiger partial charge in [0.2, 0.25) is 0 Å². The average Bonchev–Trinajstić information content (AvgIpc) is 2.77. The van der Waals surface area contributed by atoms with Crippen LogP contribution in [0, 0.1) is 0 Å². The molecule has 0 amide bonds. The van der Waals surface area contributed by atoms with Gasteiger partial charge in [-0.25, -0.2) is 0 Å². The number of ketones is 1. The average molecular weight is 424 g/mol. The monoisotopic (exact) mass is 424 g/mol. The van der Waals surface area contributed by atoms with Gasteiger partial charge in [-0.1, -0.05) is 31.2 Å². The van der Waals surface area contributed by atoms with Gasteiger partial charge < -0.3 is 24.4 Å². The fourth-order valence-corrected chi connectivity index (χ4v) is 2.59. The summed E-state index contributed by atoms with van der Waals surface area (Å²) in [6.07, 6.45) is 8.05. The lowest BCUT2D eigenvalue weighted by Crippen LogP contribution is -2.10. The van der Waals surface area contributed by atoms with Crippen LogP contribution in [0.3, 0.4) is 0 Å². The van der Waals surface area contributed by atoms with Crippen LogP contribution >= 0.6 is 0 Å². The van der Waals surface area contributed by atoms with Crippen molar-refractivity contribution in [2.24, 2.45) is 0 Å². The Kier molecular flexibility index (Phi) is 8.76. The molecule has 0 spiro atoms. The molecule has 2 aromatic carbocycles. The van der Waals surface area contributed by atoms with Gasteiger partial charge in [0.15, 0.2) is 28.8 Å². The van der Waals surface area contributed by atoms with Gasteiger partial charge in [-0.2, -0.15) is 0 Å². The number of carbonyl (C=O) groups is 1. The van der Waals surface area contributed by atoms with Gasteiger partial charge in [0.05, 0.1) is 20.3 Å². The Morgan fingerprint density at radius 1 is 0.968 bits per heavy atom. The molecular formula is C25H28O6. The molecule has 1 atom stereocenters. The third kappa shape index (κ3) is 7.26. The Morgan fingerprint density at radius 3 is 2.23 bits per heavy atom. The lowest BCUT2D eigenvalue weighted by molar-refractivity contribution is -0.110. The van der Waals surface area contributed by atoms with E-state index in [1.807, 2.05) is 26.0 Å². The van der Waals surface area contributed by atoms with Crippen molar-refractivity contribution < 1.29 is 29.2 Å². The molecule has 0 bridgehead atoms. The Bertz CT molecular complexity index is 988. The molecular weight excluding hydrogens is 396 g/mol. The van der Waals surface area contributed by atoms with Gasteiger partial charge in [0.1, 0.15) is 5.76 Å². The highest BCUT2D eigenvalue weighted by molar-refractivity contribution is 6.02. The fourth-order valence-electron chi connectivity index (χ4n) is 2.59. The number of phenols is 1. The zero-order chi connectivity index (χ0) is 22.8. The molecule has 2 aromatic rings. The third-order valence-corrected chi connectivity index (χ3v) is 4.47. The minimum absolute atomic E-state index is 0.0183. The number of benzene rings is 2. The molecule has 1 unspecified atom stereocenters. The van der Waals surface area contributed by atoms with E-state index in [9.17, 15) is 15.0 Å². The highest BCUT2D eigenvalue weighted by Crippen LogP contribution is 2.30. The van der Waals surface area contributed by atoms with E-state index in [2.05, 4.69) is 0 Å². The summed E-state index contributed by atoms with van der Waals surface area (Å²) in [5.41, 5.74) is 1.46. The number of ether oxygens (including phenoxy) is 3. The lowest BCUT2D eigenvalue weighted by atomic mass is 10.1. The number of aliphatic hydroxyl groups is 1. The molecule has 0 saturated heterocycles. The molecule has 0 aromatic heterocycles. The largest absolute Gasteiger partial charge is 0.508 e. The molecule has 0 aliphatic rings. The van der Waals surface area contributed by atoms with Crippen LogP contribution in [0.5, 0.6) is 23.0 Å². The van der Waals surface area contributed by atoms with E-state index in [4.69, 9.17) is 14.2 Å². The number of hydrogen-bond acceptors (Lipinski definition) is 6. The molecule has 0 saturated carbocycles. The van der Waals surface area contributed by atoms with Gasteiger partial charge in [0, 0.05) is 6.08 Å². The first-order chi connectivity index (χ1) is 14.9. The van der Waals surface area contributed by atoms with Gasteiger partial charge in [-0.15, -0.1) is 0 Å². The van der Waals surface area contributed by atoms with E-state index in [-0.39, 0.29) is 23.4 Å². The summed E-state index contributed by atoms with van der Waals surface area (Å²) in [5.74, 6) is 1.01. The second-order valence-electron chi connectivity index (χ2n) is 6.82. The summed E-state index contributed by atoms with van der Waals surface area (Å²) in [6.45, 7) is 4.03. The predicted molar refractivity (Wildman–Crippen MR) is 122 cm³/mol. The van der Waals surface area contributed by atoms with Gasteiger partial charge >= 0.3 is 0 Å². The molecule has 0 heterocycles. The van der Waals surface area contributed by atoms with E-state index in [1.54, 1.807) is 37.5 Å². The molecule has 2 N–H and O–H groups in total. The SMILES string of the molecule is CCC(C)Oc1ccc(/C=C/C(O)=C/C(=O)/C=C/c2ccc(O)c(OC)c2)cc1OC. The quantitative estimate of drug-likeness (QED) is 0.305. The summed E-state index contributed by atoms with van der Waals surface area (Å²) >= 11 is 0. The second-order valence-corrected chi connectivity index (χ2v) is 6.82. The number of carbonyl (C=O) groups excluding carboxylic acids is 1. The minimum atomic E-state index is -0.385. The maximum absolute atomic E-state index is 12.1. The van der Waals surface area contributed by atoms with Crippen LogP contribution in [0.4, 0.5) is 0 Å². The first kappa shape index (κ1) is 23.6. The van der Waals surface area contributed by atoms with Gasteiger partial charge in [-0.3, -0.25) is 4.79 Å². The van der Waals surface area contributed by atoms with Gasteiger partial charge in [-0.05, 0) is 60.9 Å². The maximum Gasteiger partial charge on any atom is 0.182 e. The first-order valence-electron chi connectivity index (χ1n) is 9.88. The second kappa shape index (κ2) is 11.5. The normalized spacial score (nSPS) is 12.8. The van der Waals surface area contributed by atoms with Crippen molar-refractivity contribution in [1.82, 2.24) is 0 Å². The van der Waals surface area contributed by atoms with E-state index in [0.717, 1.165) is 18.1 Å². The number of allylic oxidation sites excluding steroid dienone is 3. The standard InChI is InChI=1S/C25H28O6/c1-5-17(2)31-23-13-9-19(15-25(23)30-4)7-11-21(27)16-20(26)10-6-18-8-12-22(28)24(14-18)29-3/h6-17,27-28H,5H2,1-4H3/b10-6+,11-7+,21-16-. The van der Waals surface area contributed by atoms with Crippen LogP contribution in [0.2, 0.25) is 0 Å². The highest BCUT2D eigenvalue weighted by Gasteiger charge is 2.08. The summed E-state index contributed by atoms with van der Waals surface area (Å²) in [5, 5.41) is 19.6. The number of aromatic hydroxyl groups is 1. The van der Waals surface area contributed by atoms with Crippen molar-refractivity contribution >= 4 is 17.9 Å². The number of aliphatic hydroxyl groups excluding tert-OH is 1. The van der Waals surface area contributed by atoms with Crippen molar-refractivity contribution in [3.63, 3.8) is 0 Å². The number of methoxy groups -OCH3 is 2. The summed E-state index contributed by atoms with van der Waals surface area (Å²) in [4.78, 5) is 12.1. The fraction of sp³-hybridized carbons (Fsp3) is 0.240. The Balaban J connectivity index is 2.06. The Morgan fingerprint density at radius 2 is 1.58 bits per heavy atom. The van der Waals surface area contributed by atoms with Crippen LogP contribution in [-0.4, -0.2) is 36.3 Å². The molecule has 0 fully saturated rings. The van der Waals surface area contributed by atoms with E-state index in [0.29, 0.717) is 22.8 Å². The van der Waals surface area contributed by atoms with Gasteiger partial charge in [0.25, 0.3) is 0 Å². The van der Waals surface area contributed by atoms with Crippen molar-refractivity contribution in [3.05, 3.63) is 71.5 Å². The summed E-state index contributed by atoms with van der Waals surface area (Å²) in [7, 11) is 3.01. The van der Waals surface area contributed by atoms with Crippen molar-refractivity contribution in [2.75, 3.05) is 14.2 Å². The molecule has 0 radical (unpaired) electrons. The molecule has 0 aliphatic heterocycles. The van der Waals surface area contributed by atoms with Crippen LogP contribution in [-0.2, 0) is 4.79 Å². The van der Waals surface area contributed by atoms with Crippen LogP contribution in [0.15, 0.2) is 60.4 Å². The first-order valence-corrected chi connectivity index (χ1v) is 9.88. The maximum atomic E-state index is 12.1. The smallest absolute Gasteiger partial charge is 0.182 e. The van der Waals surface area contributed by atoms with Crippen LogP contribution in [0.1, 0.15) is 31.4 Å². The number of rotatable bonds is 10. The minimum Gasteiger partial charge on any atom is -0.508 e. The van der Waals surface area contributed by atoms with Crippen LogP contribution in [0.25, 0.3) is 12.2 Å². The van der Waals surface area contributed by atoms with Crippen molar-refractivity contribution in [2.45, 2.75) is 26.4 Å². The summed E-state index contributed by atoms with van der Waals surface area (Å²) < 4.78 is 16.2. The molecule has 2 rings (SSSR count). The molecule has 31 heavy (non-hydrogen) atoms. The zero-order valence-corrected chi connectivity index (χ0v) is 18.2. The molecule has 6 nitrogen and oxygen atoms in total.